The van der Waals surface area contributed by atoms with E-state index in [0.29, 0.717) is 5.92 Å². The van der Waals surface area contributed by atoms with Gasteiger partial charge >= 0.3 is 0 Å². The molecule has 24 heavy (non-hydrogen) atoms. The molecule has 1 spiro atoms. The van der Waals surface area contributed by atoms with Crippen LogP contribution in [-0.4, -0.2) is 32.3 Å². The minimum Gasteiger partial charge on any atom is -0.330 e. The van der Waals surface area contributed by atoms with Crippen molar-refractivity contribution in [3.8, 4) is 0 Å². The van der Waals surface area contributed by atoms with Crippen LogP contribution in [0.25, 0.3) is 0 Å². The Labute approximate surface area is 142 Å². The van der Waals surface area contributed by atoms with Gasteiger partial charge < -0.3 is 9.47 Å². The van der Waals surface area contributed by atoms with Gasteiger partial charge in [-0.15, -0.1) is 0 Å². The Bertz CT molecular complexity index is 629. The molecule has 5 rings (SSSR count). The van der Waals surface area contributed by atoms with Crippen LogP contribution < -0.4 is 9.86 Å². The fourth-order valence-electron chi connectivity index (χ4n) is 5.20. The second kappa shape index (κ2) is 5.35. The molecule has 5 aliphatic rings. The fourth-order valence-corrected chi connectivity index (χ4v) is 5.80. The van der Waals surface area contributed by atoms with Crippen LogP contribution >= 0.6 is 0 Å². The van der Waals surface area contributed by atoms with Crippen molar-refractivity contribution in [2.75, 3.05) is 0 Å². The lowest BCUT2D eigenvalue weighted by Gasteiger charge is -2.60. The van der Waals surface area contributed by atoms with Crippen LogP contribution in [0.3, 0.4) is 0 Å². The van der Waals surface area contributed by atoms with Gasteiger partial charge in [-0.1, -0.05) is 13.8 Å². The third-order valence-electron chi connectivity index (χ3n) is 6.44. The number of ether oxygens (including phenoxy) is 2. The van der Waals surface area contributed by atoms with Crippen molar-refractivity contribution in [2.45, 2.75) is 70.4 Å². The van der Waals surface area contributed by atoms with E-state index in [1.54, 1.807) is 0 Å². The quantitative estimate of drug-likeness (QED) is 0.709. The maximum Gasteiger partial charge on any atom is 0.276 e. The van der Waals surface area contributed by atoms with Gasteiger partial charge in [0.05, 0.1) is 0 Å². The average Bonchev–Trinajstić information content (AvgIpc) is 2.69. The SMILES string of the molecule is C[C@H]1[C@H](NS(N)(=O)=O)O[C@@H]2O[C@@]3(C)CC[C@H]4[C@H](C)CC[C@@H]1[C@@]24OO3. The number of nitrogens with two attached hydrogens (primary N) is 1. The van der Waals surface area contributed by atoms with Crippen molar-refractivity contribution in [3.63, 3.8) is 0 Å². The maximum absolute atomic E-state index is 11.5. The lowest BCUT2D eigenvalue weighted by Crippen LogP contribution is -2.72. The average molecular weight is 362 g/mol. The number of hydrogen-bond acceptors (Lipinski definition) is 6. The Morgan fingerprint density at radius 2 is 1.88 bits per heavy atom. The molecule has 5 fully saturated rings. The Hall–Kier alpha value is -0.290. The molecule has 0 unspecified atom stereocenters. The van der Waals surface area contributed by atoms with E-state index in [-0.39, 0.29) is 17.8 Å². The standard InChI is InChI=1S/C15H26N2O6S/c1-8-4-5-11-9(2)12(17-24(16,18)19)20-13-15(11)10(8)6-7-14(3,21-13)22-23-15/h8-13,17H,4-7H2,1-3H3,(H2,16,18,19)/t8-,9-,10+,11+,12-,13-,14-,15-/m1/s1. The van der Waals surface area contributed by atoms with Crippen molar-refractivity contribution in [1.82, 2.24) is 4.72 Å². The van der Waals surface area contributed by atoms with E-state index < -0.39 is 34.1 Å². The molecule has 4 heterocycles. The van der Waals surface area contributed by atoms with Crippen LogP contribution in [0.1, 0.15) is 46.5 Å². The zero-order valence-electron chi connectivity index (χ0n) is 14.2. The highest BCUT2D eigenvalue weighted by Crippen LogP contribution is 2.60. The van der Waals surface area contributed by atoms with E-state index in [1.165, 1.54) is 0 Å². The summed E-state index contributed by atoms with van der Waals surface area (Å²) in [7, 11) is -3.87. The van der Waals surface area contributed by atoms with Gasteiger partial charge in [-0.05, 0) is 38.0 Å². The first-order valence-corrected chi connectivity index (χ1v) is 10.2. The first-order valence-electron chi connectivity index (χ1n) is 8.65. The van der Waals surface area contributed by atoms with Crippen molar-refractivity contribution < 1.29 is 27.7 Å². The summed E-state index contributed by atoms with van der Waals surface area (Å²) in [5.41, 5.74) is -0.691. The van der Waals surface area contributed by atoms with Gasteiger partial charge in [0.2, 0.25) is 5.79 Å². The van der Waals surface area contributed by atoms with Crippen LogP contribution in [0, 0.1) is 23.7 Å². The summed E-state index contributed by atoms with van der Waals surface area (Å²) in [6.07, 6.45) is 2.22. The summed E-state index contributed by atoms with van der Waals surface area (Å²) in [6, 6.07) is 0. The summed E-state index contributed by atoms with van der Waals surface area (Å²) >= 11 is 0. The summed E-state index contributed by atoms with van der Waals surface area (Å²) in [4.78, 5) is 11.7. The maximum atomic E-state index is 11.5. The van der Waals surface area contributed by atoms with Gasteiger partial charge in [-0.3, -0.25) is 0 Å². The smallest absolute Gasteiger partial charge is 0.276 e. The topological polar surface area (TPSA) is 109 Å². The van der Waals surface area contributed by atoms with Crippen LogP contribution in [0.2, 0.25) is 0 Å². The van der Waals surface area contributed by atoms with Crippen molar-refractivity contribution in [3.05, 3.63) is 0 Å². The molecule has 1 saturated carbocycles. The molecule has 2 bridgehead atoms. The van der Waals surface area contributed by atoms with E-state index in [2.05, 4.69) is 11.6 Å². The number of rotatable bonds is 2. The van der Waals surface area contributed by atoms with Crippen molar-refractivity contribution in [2.24, 2.45) is 28.8 Å². The second-order valence-electron chi connectivity index (χ2n) is 7.99. The fraction of sp³-hybridized carbons (Fsp3) is 1.00. The minimum atomic E-state index is -3.87. The third kappa shape index (κ3) is 2.45. The predicted octanol–water partition coefficient (Wildman–Crippen LogP) is 0.988. The van der Waals surface area contributed by atoms with Crippen molar-refractivity contribution >= 4 is 10.2 Å². The highest BCUT2D eigenvalue weighted by Gasteiger charge is 2.69. The Morgan fingerprint density at radius 1 is 1.12 bits per heavy atom. The van der Waals surface area contributed by atoms with Gasteiger partial charge in [-0.25, -0.2) is 14.9 Å². The van der Waals surface area contributed by atoms with E-state index >= 15 is 0 Å². The summed E-state index contributed by atoms with van der Waals surface area (Å²) in [5, 5.41) is 5.16. The largest absolute Gasteiger partial charge is 0.330 e. The molecule has 3 N–H and O–H groups in total. The first-order chi connectivity index (χ1) is 11.1. The molecule has 8 nitrogen and oxygen atoms in total. The summed E-state index contributed by atoms with van der Waals surface area (Å²) in [6.45, 7) is 6.03. The van der Waals surface area contributed by atoms with Crippen LogP contribution in [0.4, 0.5) is 0 Å². The zero-order chi connectivity index (χ0) is 17.3. The molecule has 0 amide bonds. The predicted molar refractivity (Wildman–Crippen MR) is 83.1 cm³/mol. The first kappa shape index (κ1) is 17.1. The van der Waals surface area contributed by atoms with Gasteiger partial charge in [0.1, 0.15) is 6.23 Å². The molecule has 8 atom stereocenters. The second-order valence-corrected chi connectivity index (χ2v) is 9.31. The summed E-state index contributed by atoms with van der Waals surface area (Å²) in [5.74, 6) is -0.188. The molecular formula is C15H26N2O6S. The molecule has 0 aromatic rings. The normalized spacial score (nSPS) is 54.2. The third-order valence-corrected chi connectivity index (χ3v) is 7.00. The van der Waals surface area contributed by atoms with E-state index in [0.717, 1.165) is 25.7 Å². The van der Waals surface area contributed by atoms with Gasteiger partial charge in [0, 0.05) is 18.3 Å². The molecule has 0 aromatic carbocycles. The lowest BCUT2D eigenvalue weighted by molar-refractivity contribution is -0.571. The number of fused-ring (bicyclic) bond motifs is 2. The van der Waals surface area contributed by atoms with Gasteiger partial charge in [-0.2, -0.15) is 13.1 Å². The molecule has 9 heteroatoms. The Morgan fingerprint density at radius 3 is 2.58 bits per heavy atom. The molecule has 0 radical (unpaired) electrons. The highest BCUT2D eigenvalue weighted by atomic mass is 32.2. The Balaban J connectivity index is 1.75. The van der Waals surface area contributed by atoms with Crippen molar-refractivity contribution in [1.29, 1.82) is 0 Å². The van der Waals surface area contributed by atoms with Crippen LogP contribution in [-0.2, 0) is 29.5 Å². The summed E-state index contributed by atoms with van der Waals surface area (Å²) < 4.78 is 37.6. The number of hydrogen-bond donors (Lipinski definition) is 2. The van der Waals surface area contributed by atoms with E-state index in [9.17, 15) is 8.42 Å². The van der Waals surface area contributed by atoms with Crippen LogP contribution in [0.5, 0.6) is 0 Å². The minimum absolute atomic E-state index is 0.0688. The molecule has 4 aliphatic heterocycles. The molecular weight excluding hydrogens is 336 g/mol. The lowest BCUT2D eigenvalue weighted by atomic mass is 9.58. The highest BCUT2D eigenvalue weighted by molar-refractivity contribution is 7.87. The molecule has 1 aliphatic carbocycles. The van der Waals surface area contributed by atoms with E-state index in [1.807, 2.05) is 13.8 Å². The molecule has 0 aromatic heterocycles. The monoisotopic (exact) mass is 362 g/mol. The molecule has 138 valence electrons. The number of nitrogens with one attached hydrogen (secondary N) is 1. The van der Waals surface area contributed by atoms with Gasteiger partial charge in [0.25, 0.3) is 10.2 Å². The zero-order valence-corrected chi connectivity index (χ0v) is 15.0. The van der Waals surface area contributed by atoms with Gasteiger partial charge in [0.15, 0.2) is 11.9 Å². The Kier molecular flexibility index (Phi) is 3.82. The van der Waals surface area contributed by atoms with Crippen LogP contribution in [0.15, 0.2) is 0 Å². The molecule has 4 saturated heterocycles. The van der Waals surface area contributed by atoms with E-state index in [4.69, 9.17) is 24.4 Å².